The maximum atomic E-state index is 10.9. The summed E-state index contributed by atoms with van der Waals surface area (Å²) in [5.41, 5.74) is 1.21. The number of carbonyl (C=O) groups is 1. The van der Waals surface area contributed by atoms with Crippen LogP contribution in [0.2, 0.25) is 0 Å². The van der Waals surface area contributed by atoms with Crippen LogP contribution in [0.1, 0.15) is 56.9 Å². The number of aliphatic carboxylic acids is 1. The van der Waals surface area contributed by atoms with E-state index in [-0.39, 0.29) is 23.1 Å². The summed E-state index contributed by atoms with van der Waals surface area (Å²) in [7, 11) is 1.61. The van der Waals surface area contributed by atoms with Gasteiger partial charge in [-0.3, -0.25) is 0 Å². The normalized spacial score (nSPS) is 27.9. The van der Waals surface area contributed by atoms with Crippen LogP contribution in [0, 0.1) is 0 Å². The summed E-state index contributed by atoms with van der Waals surface area (Å²) in [5.74, 6) is 0.0375. The van der Waals surface area contributed by atoms with Crippen LogP contribution in [0.25, 0.3) is 0 Å². The molecule has 1 unspecified atom stereocenters. The van der Waals surface area contributed by atoms with Gasteiger partial charge < -0.3 is 19.3 Å². The van der Waals surface area contributed by atoms with Crippen molar-refractivity contribution in [1.29, 1.82) is 0 Å². The van der Waals surface area contributed by atoms with Gasteiger partial charge in [-0.25, -0.2) is 4.79 Å². The molecule has 1 aromatic carbocycles. The highest BCUT2D eigenvalue weighted by molar-refractivity contribution is 8.00. The molecule has 2 fully saturated rings. The molecule has 0 spiro atoms. The van der Waals surface area contributed by atoms with Gasteiger partial charge in [-0.05, 0) is 31.2 Å². The molecule has 0 aromatic heterocycles. The van der Waals surface area contributed by atoms with E-state index in [4.69, 9.17) is 19.3 Å². The molecule has 0 saturated heterocycles. The second-order valence-electron chi connectivity index (χ2n) is 8.27. The van der Waals surface area contributed by atoms with E-state index >= 15 is 0 Å². The Kier molecular flexibility index (Phi) is 8.42. The van der Waals surface area contributed by atoms with Crippen molar-refractivity contribution >= 4 is 17.7 Å². The molecule has 2 aliphatic rings. The third-order valence-corrected chi connectivity index (χ3v) is 8.16. The lowest BCUT2D eigenvalue weighted by Gasteiger charge is -2.56. The van der Waals surface area contributed by atoms with E-state index in [9.17, 15) is 4.79 Å². The lowest BCUT2D eigenvalue weighted by atomic mass is 9.66. The summed E-state index contributed by atoms with van der Waals surface area (Å²) in [6.07, 6.45) is 9.07. The molecule has 3 rings (SSSR count). The van der Waals surface area contributed by atoms with Crippen LogP contribution < -0.4 is 0 Å². The second kappa shape index (κ2) is 10.8. The van der Waals surface area contributed by atoms with E-state index in [0.717, 1.165) is 18.6 Å². The summed E-state index contributed by atoms with van der Waals surface area (Å²) in [6, 6.07) is 10.7. The number of hydrogen-bond acceptors (Lipinski definition) is 5. The maximum absolute atomic E-state index is 10.9. The fraction of sp³-hybridized carbons (Fsp3) is 0.696. The highest BCUT2D eigenvalue weighted by Gasteiger charge is 2.55. The first-order valence-electron chi connectivity index (χ1n) is 10.7. The van der Waals surface area contributed by atoms with Crippen LogP contribution in [0.5, 0.6) is 0 Å². The van der Waals surface area contributed by atoms with E-state index in [1.165, 1.54) is 44.1 Å². The molecule has 0 bridgehead atoms. The molecular weight excluding hydrogens is 388 g/mol. The van der Waals surface area contributed by atoms with Crippen molar-refractivity contribution in [2.75, 3.05) is 26.9 Å². The van der Waals surface area contributed by atoms with Crippen molar-refractivity contribution in [3.05, 3.63) is 35.9 Å². The van der Waals surface area contributed by atoms with Gasteiger partial charge in [0.1, 0.15) is 12.7 Å². The van der Waals surface area contributed by atoms with Crippen LogP contribution in [0.4, 0.5) is 0 Å². The zero-order valence-corrected chi connectivity index (χ0v) is 18.3. The summed E-state index contributed by atoms with van der Waals surface area (Å²) in [5, 5.41) is 8.94. The van der Waals surface area contributed by atoms with Crippen LogP contribution >= 0.6 is 11.8 Å². The number of carboxylic acid groups (broad SMARTS) is 1. The van der Waals surface area contributed by atoms with Crippen molar-refractivity contribution < 1.29 is 24.1 Å². The van der Waals surface area contributed by atoms with E-state index in [1.54, 1.807) is 7.11 Å². The number of carboxylic acids is 1. The largest absolute Gasteiger partial charge is 0.480 e. The standard InChI is InChI=1S/C23H34O5S/c1-26-15-20(27-17-21(24)25)16-28-22-11-5-7-13-23(22,14-8-6-12-22)29-18-19-9-3-2-4-10-19/h2-4,9-10,20H,5-8,11-18H2,1H3,(H,24,25). The Morgan fingerprint density at radius 2 is 1.72 bits per heavy atom. The van der Waals surface area contributed by atoms with Gasteiger partial charge in [0, 0.05) is 17.6 Å². The average molecular weight is 423 g/mol. The Bertz CT molecular complexity index is 623. The maximum Gasteiger partial charge on any atom is 0.329 e. The molecule has 5 nitrogen and oxygen atoms in total. The third kappa shape index (κ3) is 5.75. The number of benzene rings is 1. The minimum absolute atomic E-state index is 0.129. The van der Waals surface area contributed by atoms with Crippen molar-refractivity contribution in [2.45, 2.75) is 73.6 Å². The van der Waals surface area contributed by atoms with E-state index in [2.05, 4.69) is 42.1 Å². The van der Waals surface area contributed by atoms with Crippen molar-refractivity contribution in [3.8, 4) is 0 Å². The van der Waals surface area contributed by atoms with Crippen molar-refractivity contribution in [1.82, 2.24) is 0 Å². The van der Waals surface area contributed by atoms with Gasteiger partial charge >= 0.3 is 5.97 Å². The van der Waals surface area contributed by atoms with Crippen LogP contribution in [-0.2, 0) is 24.8 Å². The molecule has 6 heteroatoms. The molecule has 2 saturated carbocycles. The van der Waals surface area contributed by atoms with Gasteiger partial charge in [0.15, 0.2) is 0 Å². The first kappa shape index (κ1) is 22.6. The quantitative estimate of drug-likeness (QED) is 0.559. The molecule has 0 aliphatic heterocycles. The Hall–Kier alpha value is -1.08. The molecule has 1 aromatic rings. The zero-order valence-electron chi connectivity index (χ0n) is 17.4. The summed E-state index contributed by atoms with van der Waals surface area (Å²) in [4.78, 5) is 10.9. The second-order valence-corrected chi connectivity index (χ2v) is 9.63. The molecule has 0 radical (unpaired) electrons. The van der Waals surface area contributed by atoms with Crippen LogP contribution in [0.3, 0.4) is 0 Å². The van der Waals surface area contributed by atoms with Crippen molar-refractivity contribution in [2.24, 2.45) is 0 Å². The third-order valence-electron chi connectivity index (χ3n) is 6.35. The lowest BCUT2D eigenvalue weighted by molar-refractivity contribution is -0.162. The first-order valence-corrected chi connectivity index (χ1v) is 11.7. The van der Waals surface area contributed by atoms with Crippen molar-refractivity contribution in [3.63, 3.8) is 0 Å². The van der Waals surface area contributed by atoms with E-state index in [1.807, 2.05) is 0 Å². The number of thioether (sulfide) groups is 1. The van der Waals surface area contributed by atoms with Crippen LogP contribution in [-0.4, -0.2) is 54.5 Å². The fourth-order valence-electron chi connectivity index (χ4n) is 4.92. The molecule has 0 heterocycles. The molecule has 29 heavy (non-hydrogen) atoms. The number of rotatable bonds is 11. The molecule has 1 N–H and O–H groups in total. The highest BCUT2D eigenvalue weighted by Crippen LogP contribution is 2.57. The number of fused-ring (bicyclic) bond motifs is 1. The monoisotopic (exact) mass is 422 g/mol. The molecule has 0 amide bonds. The number of ether oxygens (including phenoxy) is 3. The highest BCUT2D eigenvalue weighted by atomic mass is 32.2. The minimum Gasteiger partial charge on any atom is -0.480 e. The van der Waals surface area contributed by atoms with Gasteiger partial charge in [0.05, 0.1) is 18.8 Å². The Morgan fingerprint density at radius 1 is 1.07 bits per heavy atom. The smallest absolute Gasteiger partial charge is 0.329 e. The molecule has 2 aliphatic carbocycles. The van der Waals surface area contributed by atoms with Gasteiger partial charge in [-0.2, -0.15) is 0 Å². The molecule has 1 atom stereocenters. The Labute approximate surface area is 178 Å². The van der Waals surface area contributed by atoms with E-state index in [0.29, 0.717) is 13.2 Å². The van der Waals surface area contributed by atoms with E-state index < -0.39 is 5.97 Å². The van der Waals surface area contributed by atoms with Gasteiger partial charge in [0.25, 0.3) is 0 Å². The lowest BCUT2D eigenvalue weighted by Crippen LogP contribution is -2.58. The Balaban J connectivity index is 1.71. The average Bonchev–Trinajstić information content (AvgIpc) is 2.75. The Morgan fingerprint density at radius 3 is 2.34 bits per heavy atom. The topological polar surface area (TPSA) is 65.0 Å². The zero-order chi connectivity index (χ0) is 20.6. The van der Waals surface area contributed by atoms with Gasteiger partial charge in [-0.1, -0.05) is 56.0 Å². The summed E-state index contributed by atoms with van der Waals surface area (Å²) in [6.45, 7) is 0.403. The fourth-order valence-corrected chi connectivity index (χ4v) is 6.66. The molecule has 162 valence electrons. The molecular formula is C23H34O5S. The number of hydrogen-bond donors (Lipinski definition) is 1. The van der Waals surface area contributed by atoms with Gasteiger partial charge in [-0.15, -0.1) is 11.8 Å². The van der Waals surface area contributed by atoms with Crippen LogP contribution in [0.15, 0.2) is 30.3 Å². The predicted octanol–water partition coefficient (Wildman–Crippen LogP) is 4.68. The van der Waals surface area contributed by atoms with Gasteiger partial charge in [0.2, 0.25) is 0 Å². The SMILES string of the molecule is COCC(COC12CCCCC1(SCc1ccccc1)CCCC2)OCC(=O)O. The first-order chi connectivity index (χ1) is 14.1. The summed E-state index contributed by atoms with van der Waals surface area (Å²) < 4.78 is 17.6. The minimum atomic E-state index is -0.965. The predicted molar refractivity (Wildman–Crippen MR) is 115 cm³/mol. The number of methoxy groups -OCH3 is 1. The summed E-state index contributed by atoms with van der Waals surface area (Å²) >= 11 is 2.07.